The van der Waals surface area contributed by atoms with Gasteiger partial charge in [-0.2, -0.15) is 0 Å². The molecule has 0 bridgehead atoms. The molecular weight excluding hydrogens is 338 g/mol. The first kappa shape index (κ1) is 19.0. The van der Waals surface area contributed by atoms with E-state index in [0.29, 0.717) is 21.9 Å². The Kier molecular flexibility index (Phi) is 6.21. The number of amides is 1. The maximum Gasteiger partial charge on any atom is 0.227 e. The fourth-order valence-electron chi connectivity index (χ4n) is 2.63. The number of likely N-dealkylation sites (N-methyl/N-ethyl adjacent to an activating group) is 1. The number of methoxy groups -OCH3 is 1. The molecule has 4 nitrogen and oxygen atoms in total. The van der Waals surface area contributed by atoms with Crippen molar-refractivity contribution in [2.24, 2.45) is 0 Å². The third-order valence-electron chi connectivity index (χ3n) is 4.33. The number of benzene rings is 2. The molecule has 5 heteroatoms. The predicted molar refractivity (Wildman–Crippen MR) is 99.3 cm³/mol. The quantitative estimate of drug-likeness (QED) is 0.722. The maximum atomic E-state index is 12.7. The Hall–Kier alpha value is -2.33. The molecular formula is C20H22ClNO3. The number of ketones is 1. The fraction of sp³-hybridized carbons (Fsp3) is 0.300. The van der Waals surface area contributed by atoms with Gasteiger partial charge in [-0.15, -0.1) is 0 Å². The molecule has 1 atom stereocenters. The van der Waals surface area contributed by atoms with Gasteiger partial charge >= 0.3 is 0 Å². The van der Waals surface area contributed by atoms with Gasteiger partial charge in [-0.1, -0.05) is 23.7 Å². The fourth-order valence-corrected chi connectivity index (χ4v) is 2.83. The summed E-state index contributed by atoms with van der Waals surface area (Å²) in [5.41, 5.74) is 2.23. The van der Waals surface area contributed by atoms with E-state index in [2.05, 4.69) is 0 Å². The van der Waals surface area contributed by atoms with Crippen LogP contribution in [0.3, 0.4) is 0 Å². The molecule has 0 spiro atoms. The van der Waals surface area contributed by atoms with Crippen LogP contribution >= 0.6 is 11.6 Å². The number of Topliss-reactive ketones (excluding diaryl/α,β-unsaturated/α-hetero) is 1. The standard InChI is InChI=1S/C20H22ClNO3/c1-13(15-6-5-7-18(21)11-15)22(3)20(24)12-17-10-16(14(2)23)8-9-19(17)25-4/h5-11,13H,12H2,1-4H3. The normalized spacial score (nSPS) is 11.7. The van der Waals surface area contributed by atoms with Crippen molar-refractivity contribution >= 4 is 23.3 Å². The highest BCUT2D eigenvalue weighted by Gasteiger charge is 2.20. The van der Waals surface area contributed by atoms with E-state index < -0.39 is 0 Å². The summed E-state index contributed by atoms with van der Waals surface area (Å²) < 4.78 is 5.32. The Morgan fingerprint density at radius 1 is 1.20 bits per heavy atom. The molecule has 0 radical (unpaired) electrons. The van der Waals surface area contributed by atoms with Crippen molar-refractivity contribution in [1.82, 2.24) is 4.90 Å². The second kappa shape index (κ2) is 8.17. The SMILES string of the molecule is COc1ccc(C(C)=O)cc1CC(=O)N(C)C(C)c1cccc(Cl)c1. The van der Waals surface area contributed by atoms with Crippen molar-refractivity contribution < 1.29 is 14.3 Å². The minimum Gasteiger partial charge on any atom is -0.496 e. The summed E-state index contributed by atoms with van der Waals surface area (Å²) in [6.45, 7) is 3.45. The van der Waals surface area contributed by atoms with Gasteiger partial charge in [0.15, 0.2) is 5.78 Å². The summed E-state index contributed by atoms with van der Waals surface area (Å²) >= 11 is 6.04. The Morgan fingerprint density at radius 2 is 1.92 bits per heavy atom. The molecule has 1 amide bonds. The zero-order valence-electron chi connectivity index (χ0n) is 14.9. The first-order chi connectivity index (χ1) is 11.8. The summed E-state index contributed by atoms with van der Waals surface area (Å²) in [4.78, 5) is 26.0. The van der Waals surface area contributed by atoms with E-state index >= 15 is 0 Å². The van der Waals surface area contributed by atoms with Gasteiger partial charge in [-0.05, 0) is 49.7 Å². The lowest BCUT2D eigenvalue weighted by Gasteiger charge is -2.26. The lowest BCUT2D eigenvalue weighted by Crippen LogP contribution is -2.31. The van der Waals surface area contributed by atoms with Crippen LogP contribution in [0.15, 0.2) is 42.5 Å². The molecule has 0 fully saturated rings. The number of carbonyl (C=O) groups is 2. The van der Waals surface area contributed by atoms with E-state index in [1.807, 2.05) is 25.1 Å². The van der Waals surface area contributed by atoms with E-state index in [1.165, 1.54) is 6.92 Å². The van der Waals surface area contributed by atoms with Crippen LogP contribution in [0.25, 0.3) is 0 Å². The summed E-state index contributed by atoms with van der Waals surface area (Å²) in [5, 5.41) is 0.640. The Balaban J connectivity index is 2.20. The second-order valence-corrected chi connectivity index (χ2v) is 6.43. The summed E-state index contributed by atoms with van der Waals surface area (Å²) in [7, 11) is 3.31. The van der Waals surface area contributed by atoms with Gasteiger partial charge in [0.1, 0.15) is 5.75 Å². The van der Waals surface area contributed by atoms with Gasteiger partial charge in [-0.25, -0.2) is 0 Å². The maximum absolute atomic E-state index is 12.7. The topological polar surface area (TPSA) is 46.6 Å². The summed E-state index contributed by atoms with van der Waals surface area (Å²) in [6.07, 6.45) is 0.158. The van der Waals surface area contributed by atoms with Crippen LogP contribution in [0.5, 0.6) is 5.75 Å². The highest BCUT2D eigenvalue weighted by Crippen LogP contribution is 2.25. The van der Waals surface area contributed by atoms with Crippen LogP contribution in [0, 0.1) is 0 Å². The van der Waals surface area contributed by atoms with Crippen LogP contribution in [0.2, 0.25) is 5.02 Å². The van der Waals surface area contributed by atoms with Gasteiger partial charge in [0.2, 0.25) is 5.91 Å². The van der Waals surface area contributed by atoms with Crippen LogP contribution in [-0.4, -0.2) is 30.7 Å². The number of halogens is 1. The molecule has 25 heavy (non-hydrogen) atoms. The summed E-state index contributed by atoms with van der Waals surface area (Å²) in [5.74, 6) is 0.491. The van der Waals surface area contributed by atoms with Gasteiger partial charge in [0.25, 0.3) is 0 Å². The zero-order chi connectivity index (χ0) is 18.6. The van der Waals surface area contributed by atoms with Crippen LogP contribution in [-0.2, 0) is 11.2 Å². The van der Waals surface area contributed by atoms with Crippen molar-refractivity contribution in [3.63, 3.8) is 0 Å². The van der Waals surface area contributed by atoms with Crippen LogP contribution < -0.4 is 4.74 Å². The van der Waals surface area contributed by atoms with Gasteiger partial charge in [0.05, 0.1) is 19.6 Å². The number of rotatable bonds is 6. The average Bonchev–Trinajstić information content (AvgIpc) is 2.60. The molecule has 0 heterocycles. The smallest absolute Gasteiger partial charge is 0.227 e. The van der Waals surface area contributed by atoms with Crippen LogP contribution in [0.4, 0.5) is 0 Å². The van der Waals surface area contributed by atoms with Gasteiger partial charge in [-0.3, -0.25) is 9.59 Å². The molecule has 2 rings (SSSR count). The van der Waals surface area contributed by atoms with E-state index in [9.17, 15) is 9.59 Å². The molecule has 2 aromatic carbocycles. The third kappa shape index (κ3) is 4.60. The van der Waals surface area contributed by atoms with E-state index in [1.54, 1.807) is 43.3 Å². The Morgan fingerprint density at radius 3 is 2.52 bits per heavy atom. The highest BCUT2D eigenvalue weighted by atomic mass is 35.5. The molecule has 0 aliphatic heterocycles. The number of hydrogen-bond donors (Lipinski definition) is 0. The minimum absolute atomic E-state index is 0.0444. The minimum atomic E-state index is -0.117. The Bertz CT molecular complexity index is 788. The highest BCUT2D eigenvalue weighted by molar-refractivity contribution is 6.30. The molecule has 0 aromatic heterocycles. The molecule has 1 unspecified atom stereocenters. The number of ether oxygens (including phenoxy) is 1. The molecule has 0 N–H and O–H groups in total. The zero-order valence-corrected chi connectivity index (χ0v) is 15.6. The third-order valence-corrected chi connectivity index (χ3v) is 4.57. The first-order valence-corrected chi connectivity index (χ1v) is 8.40. The first-order valence-electron chi connectivity index (χ1n) is 8.02. The van der Waals surface area contributed by atoms with E-state index in [0.717, 1.165) is 5.56 Å². The largest absolute Gasteiger partial charge is 0.496 e. The van der Waals surface area contributed by atoms with E-state index in [-0.39, 0.29) is 24.2 Å². The molecule has 0 saturated heterocycles. The molecule has 2 aromatic rings. The Labute approximate surface area is 153 Å². The van der Waals surface area contributed by atoms with Crippen molar-refractivity contribution in [2.45, 2.75) is 26.3 Å². The predicted octanol–water partition coefficient (Wildman–Crippen LogP) is 4.31. The lowest BCUT2D eigenvalue weighted by molar-refractivity contribution is -0.131. The monoisotopic (exact) mass is 359 g/mol. The van der Waals surface area contributed by atoms with Crippen molar-refractivity contribution in [1.29, 1.82) is 0 Å². The lowest BCUT2D eigenvalue weighted by atomic mass is 10.0. The van der Waals surface area contributed by atoms with Crippen molar-refractivity contribution in [3.05, 3.63) is 64.2 Å². The van der Waals surface area contributed by atoms with Crippen LogP contribution in [0.1, 0.15) is 41.4 Å². The molecule has 0 aliphatic rings. The molecule has 0 saturated carbocycles. The summed E-state index contributed by atoms with van der Waals surface area (Å²) in [6, 6.07) is 12.5. The number of hydrogen-bond acceptors (Lipinski definition) is 3. The van der Waals surface area contributed by atoms with Crippen molar-refractivity contribution in [2.75, 3.05) is 14.2 Å². The number of nitrogens with zero attached hydrogens (tertiary/aromatic N) is 1. The van der Waals surface area contributed by atoms with E-state index in [4.69, 9.17) is 16.3 Å². The second-order valence-electron chi connectivity index (χ2n) is 6.00. The van der Waals surface area contributed by atoms with Gasteiger partial charge < -0.3 is 9.64 Å². The molecule has 132 valence electrons. The average molecular weight is 360 g/mol. The molecule has 0 aliphatic carbocycles. The van der Waals surface area contributed by atoms with Gasteiger partial charge in [0, 0.05) is 23.2 Å². The van der Waals surface area contributed by atoms with Crippen molar-refractivity contribution in [3.8, 4) is 5.75 Å². The number of carbonyl (C=O) groups excluding carboxylic acids is 2.